The van der Waals surface area contributed by atoms with Gasteiger partial charge in [-0.2, -0.15) is 0 Å². The minimum absolute atomic E-state index is 0.274. The predicted molar refractivity (Wildman–Crippen MR) is 88.1 cm³/mol. The number of aryl methyl sites for hydroxylation is 2. The molecular weight excluding hydrogens is 274 g/mol. The van der Waals surface area contributed by atoms with Gasteiger partial charge in [0.25, 0.3) is 0 Å². The van der Waals surface area contributed by atoms with Crippen molar-refractivity contribution in [2.45, 2.75) is 19.8 Å². The largest absolute Gasteiger partial charge is 0.462 e. The lowest BCUT2D eigenvalue weighted by atomic mass is 9.99. The molecule has 0 aliphatic heterocycles. The lowest BCUT2D eigenvalue weighted by Gasteiger charge is -2.08. The van der Waals surface area contributed by atoms with Gasteiger partial charge < -0.3 is 9.72 Å². The van der Waals surface area contributed by atoms with Crippen LogP contribution in [0.2, 0.25) is 0 Å². The van der Waals surface area contributed by atoms with Crippen LogP contribution in [-0.2, 0) is 17.6 Å². The third-order valence-electron chi connectivity index (χ3n) is 3.83. The Balaban J connectivity index is 1.87. The number of ether oxygens (including phenoxy) is 1. The third-order valence-corrected chi connectivity index (χ3v) is 3.83. The Morgan fingerprint density at radius 1 is 1.05 bits per heavy atom. The number of rotatable bonds is 5. The predicted octanol–water partition coefficient (Wildman–Crippen LogP) is 4.13. The fourth-order valence-electron chi connectivity index (χ4n) is 2.74. The lowest BCUT2D eigenvalue weighted by Crippen LogP contribution is -2.06. The number of H-pyrrole nitrogens is 1. The van der Waals surface area contributed by atoms with E-state index in [1.54, 1.807) is 0 Å². The number of carbonyl (C=O) groups is 1. The molecule has 0 unspecified atom stereocenters. The molecule has 1 N–H and O–H groups in total. The standard InChI is InChI=1S/C19H19NO2/c1-2-22-19(21)17-11-10-15(16-12-13-20-18(16)17)9-8-14-6-4-3-5-7-14/h3-7,10-13,20H,2,8-9H2,1H3. The third kappa shape index (κ3) is 2.89. The van der Waals surface area contributed by atoms with Crippen molar-refractivity contribution in [3.63, 3.8) is 0 Å². The highest BCUT2D eigenvalue weighted by Crippen LogP contribution is 2.24. The minimum atomic E-state index is -0.274. The van der Waals surface area contributed by atoms with Crippen molar-refractivity contribution in [1.29, 1.82) is 0 Å². The Hall–Kier alpha value is -2.55. The normalized spacial score (nSPS) is 10.8. The van der Waals surface area contributed by atoms with Gasteiger partial charge in [-0.15, -0.1) is 0 Å². The van der Waals surface area contributed by atoms with E-state index in [2.05, 4.69) is 29.2 Å². The molecule has 0 spiro atoms. The maximum absolute atomic E-state index is 12.0. The number of fused-ring (bicyclic) bond motifs is 1. The summed E-state index contributed by atoms with van der Waals surface area (Å²) in [6, 6.07) is 16.3. The molecule has 0 saturated carbocycles. The van der Waals surface area contributed by atoms with Gasteiger partial charge in [0.05, 0.1) is 17.7 Å². The van der Waals surface area contributed by atoms with Gasteiger partial charge in [0.2, 0.25) is 0 Å². The van der Waals surface area contributed by atoms with Crippen molar-refractivity contribution >= 4 is 16.9 Å². The second kappa shape index (κ2) is 6.48. The molecule has 3 nitrogen and oxygen atoms in total. The molecule has 0 atom stereocenters. The van der Waals surface area contributed by atoms with Crippen LogP contribution in [0.4, 0.5) is 0 Å². The van der Waals surface area contributed by atoms with Crippen LogP contribution in [0.15, 0.2) is 54.7 Å². The summed E-state index contributed by atoms with van der Waals surface area (Å²) in [5.41, 5.74) is 4.03. The van der Waals surface area contributed by atoms with Crippen LogP contribution in [0.3, 0.4) is 0 Å². The second-order valence-electron chi connectivity index (χ2n) is 5.24. The molecule has 0 radical (unpaired) electrons. The van der Waals surface area contributed by atoms with Crippen LogP contribution >= 0.6 is 0 Å². The number of benzene rings is 2. The van der Waals surface area contributed by atoms with Crippen molar-refractivity contribution in [2.75, 3.05) is 6.61 Å². The fraction of sp³-hybridized carbons (Fsp3) is 0.211. The molecule has 1 aromatic heterocycles. The number of aromatic amines is 1. The second-order valence-corrected chi connectivity index (χ2v) is 5.24. The van der Waals surface area contributed by atoms with Gasteiger partial charge in [-0.3, -0.25) is 0 Å². The number of hydrogen-bond donors (Lipinski definition) is 1. The summed E-state index contributed by atoms with van der Waals surface area (Å²) in [6.45, 7) is 2.20. The highest BCUT2D eigenvalue weighted by molar-refractivity contribution is 6.03. The quantitative estimate of drug-likeness (QED) is 0.719. The molecule has 0 fully saturated rings. The molecule has 0 amide bonds. The van der Waals surface area contributed by atoms with E-state index in [0.717, 1.165) is 23.7 Å². The van der Waals surface area contributed by atoms with Gasteiger partial charge in [0.1, 0.15) is 0 Å². The molecule has 1 heterocycles. The molecule has 0 saturated heterocycles. The monoisotopic (exact) mass is 293 g/mol. The number of hydrogen-bond acceptors (Lipinski definition) is 2. The number of aromatic nitrogens is 1. The molecule has 22 heavy (non-hydrogen) atoms. The Morgan fingerprint density at radius 3 is 2.64 bits per heavy atom. The maximum Gasteiger partial charge on any atom is 0.340 e. The van der Waals surface area contributed by atoms with Crippen LogP contribution < -0.4 is 0 Å². The van der Waals surface area contributed by atoms with Crippen LogP contribution in [0.1, 0.15) is 28.4 Å². The summed E-state index contributed by atoms with van der Waals surface area (Å²) in [4.78, 5) is 15.2. The van der Waals surface area contributed by atoms with E-state index in [9.17, 15) is 4.79 Å². The van der Waals surface area contributed by atoms with E-state index in [-0.39, 0.29) is 5.97 Å². The molecule has 3 rings (SSSR count). The van der Waals surface area contributed by atoms with Gasteiger partial charge in [-0.05, 0) is 43.0 Å². The van der Waals surface area contributed by atoms with Gasteiger partial charge in [-0.25, -0.2) is 4.79 Å². The zero-order chi connectivity index (χ0) is 15.4. The highest BCUT2D eigenvalue weighted by Gasteiger charge is 2.14. The maximum atomic E-state index is 12.0. The molecule has 0 bridgehead atoms. The molecule has 112 valence electrons. The number of carbonyl (C=O) groups excluding carboxylic acids is 1. The van der Waals surface area contributed by atoms with Gasteiger partial charge in [-0.1, -0.05) is 36.4 Å². The smallest absolute Gasteiger partial charge is 0.340 e. The van der Waals surface area contributed by atoms with Gasteiger partial charge in [0, 0.05) is 11.6 Å². The Kier molecular flexibility index (Phi) is 4.24. The first-order valence-corrected chi connectivity index (χ1v) is 7.59. The van der Waals surface area contributed by atoms with Gasteiger partial charge in [0.15, 0.2) is 0 Å². The summed E-state index contributed by atoms with van der Waals surface area (Å²) < 4.78 is 5.12. The summed E-state index contributed by atoms with van der Waals surface area (Å²) in [5.74, 6) is -0.274. The summed E-state index contributed by atoms with van der Waals surface area (Å²) >= 11 is 0. The fourth-order valence-corrected chi connectivity index (χ4v) is 2.74. The van der Waals surface area contributed by atoms with E-state index >= 15 is 0 Å². The molecule has 2 aromatic carbocycles. The number of esters is 1. The average Bonchev–Trinajstić information content (AvgIpc) is 3.03. The van der Waals surface area contributed by atoms with E-state index in [0.29, 0.717) is 12.2 Å². The average molecular weight is 293 g/mol. The molecular formula is C19H19NO2. The zero-order valence-electron chi connectivity index (χ0n) is 12.6. The molecule has 0 aliphatic carbocycles. The SMILES string of the molecule is CCOC(=O)c1ccc(CCc2ccccc2)c2cc[nH]c12. The Labute approximate surface area is 129 Å². The van der Waals surface area contributed by atoms with Crippen LogP contribution in [0, 0.1) is 0 Å². The summed E-state index contributed by atoms with van der Waals surface area (Å²) in [7, 11) is 0. The first-order valence-electron chi connectivity index (χ1n) is 7.59. The van der Waals surface area contributed by atoms with Crippen molar-refractivity contribution in [2.24, 2.45) is 0 Å². The Morgan fingerprint density at radius 2 is 1.86 bits per heavy atom. The molecule has 0 aliphatic rings. The summed E-state index contributed by atoms with van der Waals surface area (Å²) in [5, 5.41) is 1.10. The first-order chi connectivity index (χ1) is 10.8. The van der Waals surface area contributed by atoms with Crippen molar-refractivity contribution in [1.82, 2.24) is 4.98 Å². The summed E-state index contributed by atoms with van der Waals surface area (Å²) in [6.07, 6.45) is 3.81. The lowest BCUT2D eigenvalue weighted by molar-refractivity contribution is 0.0528. The van der Waals surface area contributed by atoms with Crippen LogP contribution in [0.5, 0.6) is 0 Å². The molecule has 3 heteroatoms. The van der Waals surface area contributed by atoms with E-state index in [1.807, 2.05) is 37.4 Å². The topological polar surface area (TPSA) is 42.1 Å². The van der Waals surface area contributed by atoms with E-state index < -0.39 is 0 Å². The van der Waals surface area contributed by atoms with Crippen molar-refractivity contribution in [3.8, 4) is 0 Å². The van der Waals surface area contributed by atoms with Crippen LogP contribution in [0.25, 0.3) is 10.9 Å². The first kappa shape index (κ1) is 14.4. The van der Waals surface area contributed by atoms with Crippen molar-refractivity contribution in [3.05, 3.63) is 71.4 Å². The van der Waals surface area contributed by atoms with E-state index in [4.69, 9.17) is 4.74 Å². The van der Waals surface area contributed by atoms with Crippen molar-refractivity contribution < 1.29 is 9.53 Å². The highest BCUT2D eigenvalue weighted by atomic mass is 16.5. The number of nitrogens with one attached hydrogen (secondary N) is 1. The Bertz CT molecular complexity index is 774. The molecule has 3 aromatic rings. The van der Waals surface area contributed by atoms with E-state index in [1.165, 1.54) is 11.1 Å². The zero-order valence-corrected chi connectivity index (χ0v) is 12.6. The van der Waals surface area contributed by atoms with Gasteiger partial charge >= 0.3 is 5.97 Å². The minimum Gasteiger partial charge on any atom is -0.462 e. The van der Waals surface area contributed by atoms with Crippen LogP contribution in [-0.4, -0.2) is 17.6 Å².